The SMILES string of the molecule is Cc1ccc(C2CCCN2C(=O)C2CCC(C(=O)O)CC2)o1. The Morgan fingerprint density at radius 3 is 2.41 bits per heavy atom. The second kappa shape index (κ2) is 6.15. The molecule has 1 saturated heterocycles. The molecule has 3 rings (SSSR count). The fraction of sp³-hybridized carbons (Fsp3) is 0.647. The van der Waals surface area contributed by atoms with Crippen molar-refractivity contribution in [3.63, 3.8) is 0 Å². The molecule has 2 fully saturated rings. The van der Waals surface area contributed by atoms with Crippen LogP contribution in [0.2, 0.25) is 0 Å². The molecule has 1 N–H and O–H groups in total. The molecule has 0 bridgehead atoms. The first kappa shape index (κ1) is 15.1. The molecular formula is C17H23NO4. The van der Waals surface area contributed by atoms with E-state index in [4.69, 9.17) is 9.52 Å². The van der Waals surface area contributed by atoms with Crippen LogP contribution in [0, 0.1) is 18.8 Å². The maximum absolute atomic E-state index is 12.8. The molecule has 1 aromatic heterocycles. The van der Waals surface area contributed by atoms with Gasteiger partial charge in [-0.2, -0.15) is 0 Å². The highest BCUT2D eigenvalue weighted by Gasteiger charge is 2.37. The summed E-state index contributed by atoms with van der Waals surface area (Å²) in [5.74, 6) is 0.911. The molecule has 1 amide bonds. The first-order valence-electron chi connectivity index (χ1n) is 8.16. The highest BCUT2D eigenvalue weighted by Crippen LogP contribution is 2.37. The minimum Gasteiger partial charge on any atom is -0.481 e. The summed E-state index contributed by atoms with van der Waals surface area (Å²) < 4.78 is 5.71. The largest absolute Gasteiger partial charge is 0.481 e. The smallest absolute Gasteiger partial charge is 0.306 e. The van der Waals surface area contributed by atoms with Crippen LogP contribution in [0.25, 0.3) is 0 Å². The van der Waals surface area contributed by atoms with Gasteiger partial charge in [0.1, 0.15) is 11.5 Å². The Morgan fingerprint density at radius 2 is 1.82 bits per heavy atom. The van der Waals surface area contributed by atoms with Gasteiger partial charge in [0.2, 0.25) is 5.91 Å². The molecule has 2 heterocycles. The third-order valence-corrected chi connectivity index (χ3v) is 5.05. The van der Waals surface area contributed by atoms with E-state index in [1.807, 2.05) is 24.0 Å². The van der Waals surface area contributed by atoms with Crippen LogP contribution in [-0.2, 0) is 9.59 Å². The van der Waals surface area contributed by atoms with Crippen LogP contribution in [-0.4, -0.2) is 28.4 Å². The Labute approximate surface area is 130 Å². The van der Waals surface area contributed by atoms with Crippen molar-refractivity contribution in [1.82, 2.24) is 4.90 Å². The highest BCUT2D eigenvalue weighted by molar-refractivity contribution is 5.80. The fourth-order valence-electron chi connectivity index (χ4n) is 3.78. The molecule has 22 heavy (non-hydrogen) atoms. The molecule has 1 saturated carbocycles. The summed E-state index contributed by atoms with van der Waals surface area (Å²) >= 11 is 0. The van der Waals surface area contributed by atoms with Crippen LogP contribution < -0.4 is 0 Å². The number of carbonyl (C=O) groups is 2. The first-order chi connectivity index (χ1) is 10.6. The van der Waals surface area contributed by atoms with Crippen LogP contribution >= 0.6 is 0 Å². The zero-order valence-corrected chi connectivity index (χ0v) is 13.0. The number of carbonyl (C=O) groups excluding carboxylic acids is 1. The Balaban J connectivity index is 1.65. The van der Waals surface area contributed by atoms with Crippen molar-refractivity contribution in [3.8, 4) is 0 Å². The molecule has 1 unspecified atom stereocenters. The molecule has 120 valence electrons. The summed E-state index contributed by atoms with van der Waals surface area (Å²) in [5, 5.41) is 9.06. The highest BCUT2D eigenvalue weighted by atomic mass is 16.4. The number of hydrogen-bond acceptors (Lipinski definition) is 3. The predicted molar refractivity (Wildman–Crippen MR) is 80.2 cm³/mol. The van der Waals surface area contributed by atoms with E-state index < -0.39 is 5.97 Å². The Bertz CT molecular complexity index is 557. The van der Waals surface area contributed by atoms with Gasteiger partial charge in [-0.05, 0) is 57.6 Å². The number of amides is 1. The average Bonchev–Trinajstić information content (AvgIpc) is 3.15. The average molecular weight is 305 g/mol. The lowest BCUT2D eigenvalue weighted by atomic mass is 9.81. The van der Waals surface area contributed by atoms with E-state index in [-0.39, 0.29) is 23.8 Å². The van der Waals surface area contributed by atoms with Crippen molar-refractivity contribution >= 4 is 11.9 Å². The lowest BCUT2D eigenvalue weighted by Gasteiger charge is -2.31. The van der Waals surface area contributed by atoms with E-state index >= 15 is 0 Å². The van der Waals surface area contributed by atoms with Crippen molar-refractivity contribution < 1.29 is 19.1 Å². The summed E-state index contributed by atoms with van der Waals surface area (Å²) in [6.45, 7) is 2.69. The molecular weight excluding hydrogens is 282 g/mol. The van der Waals surface area contributed by atoms with Gasteiger partial charge in [-0.3, -0.25) is 9.59 Å². The van der Waals surface area contributed by atoms with Crippen molar-refractivity contribution in [2.75, 3.05) is 6.54 Å². The van der Waals surface area contributed by atoms with Gasteiger partial charge in [0.05, 0.1) is 12.0 Å². The number of carboxylic acid groups (broad SMARTS) is 1. The Kier molecular flexibility index (Phi) is 4.23. The van der Waals surface area contributed by atoms with E-state index in [0.29, 0.717) is 25.7 Å². The molecule has 5 nitrogen and oxygen atoms in total. The van der Waals surface area contributed by atoms with Gasteiger partial charge < -0.3 is 14.4 Å². The van der Waals surface area contributed by atoms with Gasteiger partial charge >= 0.3 is 5.97 Å². The quantitative estimate of drug-likeness (QED) is 0.931. The van der Waals surface area contributed by atoms with E-state index in [2.05, 4.69) is 0 Å². The van der Waals surface area contributed by atoms with Crippen LogP contribution in [0.5, 0.6) is 0 Å². The van der Waals surface area contributed by atoms with Gasteiger partial charge in [-0.1, -0.05) is 0 Å². The van der Waals surface area contributed by atoms with Gasteiger partial charge in [-0.15, -0.1) is 0 Å². The summed E-state index contributed by atoms with van der Waals surface area (Å²) in [4.78, 5) is 25.8. The lowest BCUT2D eigenvalue weighted by Crippen LogP contribution is -2.38. The zero-order chi connectivity index (χ0) is 15.7. The monoisotopic (exact) mass is 305 g/mol. The number of aryl methyl sites for hydroxylation is 1. The van der Waals surface area contributed by atoms with Crippen LogP contribution in [0.3, 0.4) is 0 Å². The molecule has 0 aromatic carbocycles. The number of furan rings is 1. The van der Waals surface area contributed by atoms with E-state index in [9.17, 15) is 9.59 Å². The summed E-state index contributed by atoms with van der Waals surface area (Å²) in [7, 11) is 0. The minimum absolute atomic E-state index is 0.0211. The summed E-state index contributed by atoms with van der Waals surface area (Å²) in [6, 6.07) is 3.96. The number of aliphatic carboxylic acids is 1. The maximum atomic E-state index is 12.8. The van der Waals surface area contributed by atoms with Gasteiger partial charge in [0.25, 0.3) is 0 Å². The summed E-state index contributed by atoms with van der Waals surface area (Å²) in [5.41, 5.74) is 0. The molecule has 2 aliphatic rings. The lowest BCUT2D eigenvalue weighted by molar-refractivity contribution is -0.146. The van der Waals surface area contributed by atoms with Crippen molar-refractivity contribution in [2.45, 2.75) is 51.5 Å². The molecule has 1 aromatic rings. The normalized spacial score (nSPS) is 28.8. The number of carboxylic acids is 1. The van der Waals surface area contributed by atoms with Gasteiger partial charge in [0.15, 0.2) is 0 Å². The van der Waals surface area contributed by atoms with Crippen LogP contribution in [0.1, 0.15) is 56.1 Å². The molecule has 1 aliphatic carbocycles. The first-order valence-corrected chi connectivity index (χ1v) is 8.16. The van der Waals surface area contributed by atoms with Crippen LogP contribution in [0.15, 0.2) is 16.5 Å². The molecule has 5 heteroatoms. The number of rotatable bonds is 3. The standard InChI is InChI=1S/C17H23NO4/c1-11-4-9-15(22-11)14-3-2-10-18(14)16(19)12-5-7-13(8-6-12)17(20)21/h4,9,12-14H,2-3,5-8,10H2,1H3,(H,20,21). The van der Waals surface area contributed by atoms with Crippen molar-refractivity contribution in [3.05, 3.63) is 23.7 Å². The number of nitrogens with zero attached hydrogens (tertiary/aromatic N) is 1. The molecule has 1 aliphatic heterocycles. The topological polar surface area (TPSA) is 70.8 Å². The molecule has 1 atom stereocenters. The molecule has 0 spiro atoms. The van der Waals surface area contributed by atoms with E-state index in [0.717, 1.165) is 30.9 Å². The van der Waals surface area contributed by atoms with Crippen LogP contribution in [0.4, 0.5) is 0 Å². The minimum atomic E-state index is -0.726. The van der Waals surface area contributed by atoms with Crippen molar-refractivity contribution in [1.29, 1.82) is 0 Å². The number of hydrogen-bond donors (Lipinski definition) is 1. The zero-order valence-electron chi connectivity index (χ0n) is 13.0. The second-order valence-electron chi connectivity index (χ2n) is 6.52. The maximum Gasteiger partial charge on any atom is 0.306 e. The van der Waals surface area contributed by atoms with Crippen molar-refractivity contribution in [2.24, 2.45) is 11.8 Å². The van der Waals surface area contributed by atoms with E-state index in [1.165, 1.54) is 0 Å². The predicted octanol–water partition coefficient (Wildman–Crippen LogP) is 3.14. The second-order valence-corrected chi connectivity index (χ2v) is 6.52. The summed E-state index contributed by atoms with van der Waals surface area (Å²) in [6.07, 6.45) is 4.56. The third-order valence-electron chi connectivity index (χ3n) is 5.05. The van der Waals surface area contributed by atoms with Gasteiger partial charge in [0, 0.05) is 12.5 Å². The Morgan fingerprint density at radius 1 is 1.14 bits per heavy atom. The number of likely N-dealkylation sites (tertiary alicyclic amines) is 1. The van der Waals surface area contributed by atoms with E-state index in [1.54, 1.807) is 0 Å². The third kappa shape index (κ3) is 2.89. The fourth-order valence-corrected chi connectivity index (χ4v) is 3.78. The van der Waals surface area contributed by atoms with Gasteiger partial charge in [-0.25, -0.2) is 0 Å². The molecule has 0 radical (unpaired) electrons. The Hall–Kier alpha value is -1.78.